The van der Waals surface area contributed by atoms with Gasteiger partial charge in [-0.05, 0) is 38.6 Å². The van der Waals surface area contributed by atoms with Gasteiger partial charge in [-0.25, -0.2) is 0 Å². The Balaban J connectivity index is 2.16. The molecule has 0 bridgehead atoms. The number of hydrogen-bond acceptors (Lipinski definition) is 4. The predicted molar refractivity (Wildman–Crippen MR) is 84.2 cm³/mol. The summed E-state index contributed by atoms with van der Waals surface area (Å²) in [6, 6.07) is 6.47. The summed E-state index contributed by atoms with van der Waals surface area (Å²) in [4.78, 5) is 2.33. The number of likely N-dealkylation sites (N-methyl/N-ethyl adjacent to an activating group) is 1. The highest BCUT2D eigenvalue weighted by molar-refractivity contribution is 5.44. The maximum absolute atomic E-state index is 5.65. The first-order valence-electron chi connectivity index (χ1n) is 7.33. The largest absolute Gasteiger partial charge is 0.496 e. The van der Waals surface area contributed by atoms with Crippen molar-refractivity contribution in [2.45, 2.75) is 32.0 Å². The molecule has 1 fully saturated rings. The zero-order valence-corrected chi connectivity index (χ0v) is 13.1. The Bertz CT molecular complexity index is 533. The van der Waals surface area contributed by atoms with Crippen molar-refractivity contribution in [2.75, 3.05) is 27.3 Å². The Labute approximate surface area is 127 Å². The lowest BCUT2D eigenvalue weighted by Gasteiger charge is -2.27. The highest BCUT2D eigenvalue weighted by atomic mass is 16.5. The van der Waals surface area contributed by atoms with Gasteiger partial charge in [-0.1, -0.05) is 11.8 Å². The molecule has 2 unspecified atom stereocenters. The van der Waals surface area contributed by atoms with E-state index in [9.17, 15) is 0 Å². The van der Waals surface area contributed by atoms with Crippen molar-refractivity contribution >= 4 is 0 Å². The standard InChI is InChI=1S/C17H24N2O2/c1-13-16(8-10-21-13)19(2)12-15-11-14(5-4-9-18)6-7-17(15)20-3/h6-7,11,13,16H,8-10,12,18H2,1-3H3. The molecular weight excluding hydrogens is 264 g/mol. The number of hydrogen-bond donors (Lipinski definition) is 1. The third kappa shape index (κ3) is 3.98. The summed E-state index contributed by atoms with van der Waals surface area (Å²) in [6.07, 6.45) is 1.35. The van der Waals surface area contributed by atoms with E-state index in [1.54, 1.807) is 7.11 Å². The molecule has 114 valence electrons. The SMILES string of the molecule is COc1ccc(C#CCN)cc1CN(C)C1CCOC1C. The second-order valence-corrected chi connectivity index (χ2v) is 5.38. The van der Waals surface area contributed by atoms with Gasteiger partial charge in [-0.2, -0.15) is 0 Å². The molecule has 21 heavy (non-hydrogen) atoms. The Kier molecular flexibility index (Phi) is 5.63. The first-order valence-corrected chi connectivity index (χ1v) is 7.33. The summed E-state index contributed by atoms with van der Waals surface area (Å²) in [6.45, 7) is 4.17. The van der Waals surface area contributed by atoms with Gasteiger partial charge in [0.2, 0.25) is 0 Å². The fourth-order valence-corrected chi connectivity index (χ4v) is 2.82. The van der Waals surface area contributed by atoms with Crippen LogP contribution in [-0.4, -0.2) is 44.4 Å². The van der Waals surface area contributed by atoms with E-state index in [2.05, 4.69) is 36.8 Å². The van der Waals surface area contributed by atoms with Crippen molar-refractivity contribution in [3.8, 4) is 17.6 Å². The molecule has 1 aromatic rings. The highest BCUT2D eigenvalue weighted by Crippen LogP contribution is 2.25. The van der Waals surface area contributed by atoms with E-state index in [1.807, 2.05) is 12.1 Å². The Morgan fingerprint density at radius 2 is 2.29 bits per heavy atom. The van der Waals surface area contributed by atoms with Crippen molar-refractivity contribution in [1.29, 1.82) is 0 Å². The van der Waals surface area contributed by atoms with Gasteiger partial charge in [-0.15, -0.1) is 0 Å². The minimum atomic E-state index is 0.279. The molecule has 4 nitrogen and oxygen atoms in total. The summed E-state index contributed by atoms with van der Waals surface area (Å²) in [5, 5.41) is 0. The van der Waals surface area contributed by atoms with Crippen molar-refractivity contribution < 1.29 is 9.47 Å². The van der Waals surface area contributed by atoms with Gasteiger partial charge >= 0.3 is 0 Å². The maximum atomic E-state index is 5.65. The second-order valence-electron chi connectivity index (χ2n) is 5.38. The molecule has 4 heteroatoms. The minimum absolute atomic E-state index is 0.279. The van der Waals surface area contributed by atoms with Crippen LogP contribution in [0.3, 0.4) is 0 Å². The molecule has 0 aliphatic carbocycles. The van der Waals surface area contributed by atoms with Crippen LogP contribution in [-0.2, 0) is 11.3 Å². The number of ether oxygens (including phenoxy) is 2. The van der Waals surface area contributed by atoms with Crippen LogP contribution in [0.4, 0.5) is 0 Å². The zero-order valence-electron chi connectivity index (χ0n) is 13.1. The van der Waals surface area contributed by atoms with E-state index < -0.39 is 0 Å². The van der Waals surface area contributed by atoms with Crippen LogP contribution in [0.25, 0.3) is 0 Å². The Hall–Kier alpha value is -1.54. The maximum Gasteiger partial charge on any atom is 0.123 e. The van der Waals surface area contributed by atoms with E-state index in [4.69, 9.17) is 15.2 Å². The molecule has 1 saturated heterocycles. The predicted octanol–water partition coefficient (Wildman–Crippen LogP) is 1.61. The van der Waals surface area contributed by atoms with Gasteiger partial charge < -0.3 is 15.2 Å². The van der Waals surface area contributed by atoms with E-state index in [0.29, 0.717) is 12.6 Å². The normalized spacial score (nSPS) is 21.2. The fourth-order valence-electron chi connectivity index (χ4n) is 2.82. The molecule has 2 atom stereocenters. The monoisotopic (exact) mass is 288 g/mol. The first kappa shape index (κ1) is 15.8. The topological polar surface area (TPSA) is 47.7 Å². The lowest BCUT2D eigenvalue weighted by Crippen LogP contribution is -2.36. The van der Waals surface area contributed by atoms with E-state index in [0.717, 1.165) is 36.4 Å². The van der Waals surface area contributed by atoms with Crippen LogP contribution in [0.15, 0.2) is 18.2 Å². The molecule has 0 spiro atoms. The lowest BCUT2D eigenvalue weighted by molar-refractivity contribution is 0.0811. The Morgan fingerprint density at radius 3 is 2.90 bits per heavy atom. The van der Waals surface area contributed by atoms with E-state index in [1.165, 1.54) is 0 Å². The number of rotatable bonds is 4. The number of methoxy groups -OCH3 is 1. The molecule has 0 radical (unpaired) electrons. The van der Waals surface area contributed by atoms with Crippen molar-refractivity contribution in [3.63, 3.8) is 0 Å². The van der Waals surface area contributed by atoms with Crippen LogP contribution >= 0.6 is 0 Å². The van der Waals surface area contributed by atoms with Gasteiger partial charge in [0.05, 0.1) is 19.8 Å². The Morgan fingerprint density at radius 1 is 1.48 bits per heavy atom. The van der Waals surface area contributed by atoms with Gasteiger partial charge in [0.1, 0.15) is 5.75 Å². The summed E-state index contributed by atoms with van der Waals surface area (Å²) < 4.78 is 11.1. The third-order valence-electron chi connectivity index (χ3n) is 3.94. The smallest absolute Gasteiger partial charge is 0.123 e. The van der Waals surface area contributed by atoms with Gasteiger partial charge in [0.15, 0.2) is 0 Å². The molecule has 1 aromatic carbocycles. The molecule has 2 rings (SSSR count). The van der Waals surface area contributed by atoms with Crippen LogP contribution in [0.1, 0.15) is 24.5 Å². The minimum Gasteiger partial charge on any atom is -0.496 e. The first-order chi connectivity index (χ1) is 10.2. The molecule has 1 heterocycles. The second kappa shape index (κ2) is 7.46. The summed E-state index contributed by atoms with van der Waals surface area (Å²) in [7, 11) is 3.83. The molecule has 1 aliphatic heterocycles. The molecule has 0 aromatic heterocycles. The lowest BCUT2D eigenvalue weighted by atomic mass is 10.1. The van der Waals surface area contributed by atoms with Gasteiger partial charge in [0, 0.05) is 30.3 Å². The van der Waals surface area contributed by atoms with Gasteiger partial charge in [0.25, 0.3) is 0 Å². The fraction of sp³-hybridized carbons (Fsp3) is 0.529. The average Bonchev–Trinajstić information content (AvgIpc) is 2.91. The zero-order chi connectivity index (χ0) is 15.2. The molecule has 0 amide bonds. The van der Waals surface area contributed by atoms with Crippen LogP contribution in [0.5, 0.6) is 5.75 Å². The summed E-state index contributed by atoms with van der Waals surface area (Å²) >= 11 is 0. The van der Waals surface area contributed by atoms with Crippen LogP contribution in [0, 0.1) is 11.8 Å². The van der Waals surface area contributed by atoms with Crippen molar-refractivity contribution in [3.05, 3.63) is 29.3 Å². The molecule has 0 saturated carbocycles. The quantitative estimate of drug-likeness (QED) is 0.855. The third-order valence-corrected chi connectivity index (χ3v) is 3.94. The number of nitrogens with zero attached hydrogens (tertiary/aromatic N) is 1. The van der Waals surface area contributed by atoms with Crippen LogP contribution in [0.2, 0.25) is 0 Å². The summed E-state index contributed by atoms with van der Waals surface area (Å²) in [5.74, 6) is 6.86. The van der Waals surface area contributed by atoms with E-state index in [-0.39, 0.29) is 6.10 Å². The van der Waals surface area contributed by atoms with E-state index >= 15 is 0 Å². The summed E-state index contributed by atoms with van der Waals surface area (Å²) in [5.41, 5.74) is 7.54. The molecule has 1 aliphatic rings. The van der Waals surface area contributed by atoms with Gasteiger partial charge in [-0.3, -0.25) is 4.90 Å². The average molecular weight is 288 g/mol. The highest BCUT2D eigenvalue weighted by Gasteiger charge is 2.28. The van der Waals surface area contributed by atoms with Crippen LogP contribution < -0.4 is 10.5 Å². The van der Waals surface area contributed by atoms with Crippen molar-refractivity contribution in [1.82, 2.24) is 4.90 Å². The molecule has 2 N–H and O–H groups in total. The van der Waals surface area contributed by atoms with Crippen molar-refractivity contribution in [2.24, 2.45) is 5.73 Å². The number of nitrogens with two attached hydrogens (primary N) is 1. The number of benzene rings is 1. The molecular formula is C17H24N2O2.